The van der Waals surface area contributed by atoms with Crippen LogP contribution in [0.1, 0.15) is 0 Å². The molecule has 0 spiro atoms. The van der Waals surface area contributed by atoms with Crippen molar-refractivity contribution in [2.75, 3.05) is 4.81 Å². The average Bonchev–Trinajstić information content (AvgIpc) is 3.62. The van der Waals surface area contributed by atoms with Gasteiger partial charge in [0.1, 0.15) is 11.3 Å². The van der Waals surface area contributed by atoms with Crippen molar-refractivity contribution in [1.82, 2.24) is 4.57 Å². The van der Waals surface area contributed by atoms with E-state index in [2.05, 4.69) is 106 Å². The van der Waals surface area contributed by atoms with E-state index in [9.17, 15) is 0 Å². The Morgan fingerprint density at radius 2 is 1.32 bits per heavy atom. The Hall–Kier alpha value is -4.90. The molecule has 2 aromatic heterocycles. The van der Waals surface area contributed by atoms with Gasteiger partial charge in [-0.05, 0) is 53.5 Å². The molecule has 0 amide bonds. The summed E-state index contributed by atoms with van der Waals surface area (Å²) in [5, 5.41) is 3.61. The van der Waals surface area contributed by atoms with Crippen molar-refractivity contribution in [3.05, 3.63) is 115 Å². The van der Waals surface area contributed by atoms with Gasteiger partial charge in [-0.2, -0.15) is 0 Å². The lowest BCUT2D eigenvalue weighted by Crippen LogP contribution is -2.50. The van der Waals surface area contributed by atoms with Gasteiger partial charge in [0.25, 0.3) is 0 Å². The minimum absolute atomic E-state index is 0.238. The fourth-order valence-corrected chi connectivity index (χ4v) is 6.26. The number of fused-ring (bicyclic) bond motifs is 13. The molecule has 0 radical (unpaired) electrons. The normalized spacial score (nSPS) is 13.5. The second-order valence-electron chi connectivity index (χ2n) is 9.73. The molecule has 4 heterocycles. The van der Waals surface area contributed by atoms with Crippen molar-refractivity contribution in [3.8, 4) is 22.6 Å². The molecule has 2 aliphatic rings. The number of nitrogens with zero attached hydrogens (tertiary/aromatic N) is 2. The van der Waals surface area contributed by atoms with Gasteiger partial charge in [-0.25, -0.2) is 0 Å². The van der Waals surface area contributed by atoms with Crippen LogP contribution in [-0.2, 0) is 0 Å². The van der Waals surface area contributed by atoms with E-state index >= 15 is 0 Å². The lowest BCUT2D eigenvalue weighted by Gasteiger charge is -2.27. The van der Waals surface area contributed by atoms with Gasteiger partial charge < -0.3 is 18.4 Å². The molecule has 5 heteroatoms. The van der Waals surface area contributed by atoms with E-state index in [0.29, 0.717) is 0 Å². The number of aromatic nitrogens is 1. The second-order valence-corrected chi connectivity index (χ2v) is 9.73. The van der Waals surface area contributed by atoms with Crippen molar-refractivity contribution in [1.29, 1.82) is 0 Å². The van der Waals surface area contributed by atoms with Crippen LogP contribution in [0.2, 0.25) is 0 Å². The third kappa shape index (κ3) is 2.43. The predicted molar refractivity (Wildman–Crippen MR) is 151 cm³/mol. The molecule has 0 saturated carbocycles. The first-order chi connectivity index (χ1) is 18.4. The maximum absolute atomic E-state index is 6.60. The SMILES string of the molecule is c1ccc2c(c1)OB1c3ccccc3-c3c(oc4ccc(-n5c6ccccc6c6ccccc65)cc34)N12. The van der Waals surface area contributed by atoms with Gasteiger partial charge in [-0.3, -0.25) is 0 Å². The number of anilines is 2. The van der Waals surface area contributed by atoms with Crippen LogP contribution in [0, 0.1) is 0 Å². The largest absolute Gasteiger partial charge is 0.536 e. The molecule has 2 aliphatic heterocycles. The minimum atomic E-state index is -0.238. The molecule has 5 aromatic carbocycles. The van der Waals surface area contributed by atoms with Crippen molar-refractivity contribution < 1.29 is 9.07 Å². The number of furan rings is 1. The van der Waals surface area contributed by atoms with Crippen LogP contribution in [-0.4, -0.2) is 11.6 Å². The Bertz CT molecular complexity index is 2000. The number of hydrogen-bond acceptors (Lipinski definition) is 3. The highest BCUT2D eigenvalue weighted by Gasteiger charge is 2.47. The van der Waals surface area contributed by atoms with Crippen molar-refractivity contribution in [2.24, 2.45) is 0 Å². The van der Waals surface area contributed by atoms with E-state index in [4.69, 9.17) is 9.07 Å². The molecule has 9 rings (SSSR count). The van der Waals surface area contributed by atoms with Crippen LogP contribution in [0.3, 0.4) is 0 Å². The van der Waals surface area contributed by atoms with E-state index in [1.54, 1.807) is 0 Å². The summed E-state index contributed by atoms with van der Waals surface area (Å²) in [6.45, 7) is 0. The van der Waals surface area contributed by atoms with Gasteiger partial charge in [0.15, 0.2) is 5.88 Å². The third-order valence-electron chi connectivity index (χ3n) is 7.80. The number of hydrogen-bond donors (Lipinski definition) is 0. The summed E-state index contributed by atoms with van der Waals surface area (Å²) in [6.07, 6.45) is 0. The van der Waals surface area contributed by atoms with Crippen LogP contribution < -0.4 is 14.9 Å². The van der Waals surface area contributed by atoms with Crippen molar-refractivity contribution in [2.45, 2.75) is 0 Å². The summed E-state index contributed by atoms with van der Waals surface area (Å²) in [6, 6.07) is 40.5. The second kappa shape index (κ2) is 6.86. The Kier molecular flexibility index (Phi) is 3.58. The maximum Gasteiger partial charge on any atom is 0.527 e. The van der Waals surface area contributed by atoms with E-state index in [0.717, 1.165) is 50.6 Å². The Morgan fingerprint density at radius 3 is 2.16 bits per heavy atom. The van der Waals surface area contributed by atoms with Crippen LogP contribution in [0.25, 0.3) is 49.6 Å². The lowest BCUT2D eigenvalue weighted by molar-refractivity contribution is 0.593. The highest BCUT2D eigenvalue weighted by molar-refractivity contribution is 6.77. The molecule has 0 atom stereocenters. The fraction of sp³-hybridized carbons (Fsp3) is 0. The van der Waals surface area contributed by atoms with Crippen LogP contribution in [0.15, 0.2) is 120 Å². The summed E-state index contributed by atoms with van der Waals surface area (Å²) in [5.74, 6) is 1.71. The van der Waals surface area contributed by atoms with Gasteiger partial charge in [0.2, 0.25) is 0 Å². The zero-order chi connectivity index (χ0) is 24.1. The topological polar surface area (TPSA) is 30.5 Å². The molecule has 37 heavy (non-hydrogen) atoms. The summed E-state index contributed by atoms with van der Waals surface area (Å²) in [7, 11) is -0.238. The molecular formula is C32H19BN2O2. The van der Waals surface area contributed by atoms with E-state index in [1.165, 1.54) is 21.8 Å². The van der Waals surface area contributed by atoms with Crippen LogP contribution in [0.4, 0.5) is 11.6 Å². The third-order valence-corrected chi connectivity index (χ3v) is 7.80. The number of rotatable bonds is 1. The molecule has 0 bridgehead atoms. The Labute approximate surface area is 213 Å². The molecule has 7 aromatic rings. The first-order valence-electron chi connectivity index (χ1n) is 12.6. The van der Waals surface area contributed by atoms with Crippen molar-refractivity contribution >= 4 is 56.9 Å². The molecule has 0 N–H and O–H groups in total. The van der Waals surface area contributed by atoms with E-state index < -0.39 is 0 Å². The Balaban J connectivity index is 1.36. The molecule has 0 saturated heterocycles. The quantitative estimate of drug-likeness (QED) is 0.232. The zero-order valence-electron chi connectivity index (χ0n) is 19.8. The summed E-state index contributed by atoms with van der Waals surface area (Å²) in [4.78, 5) is 2.20. The summed E-state index contributed by atoms with van der Waals surface area (Å²) < 4.78 is 15.4. The van der Waals surface area contributed by atoms with Gasteiger partial charge in [0, 0.05) is 21.8 Å². The predicted octanol–water partition coefficient (Wildman–Crippen LogP) is 7.44. The maximum atomic E-state index is 6.60. The first kappa shape index (κ1) is 19.3. The van der Waals surface area contributed by atoms with E-state index in [-0.39, 0.29) is 7.05 Å². The van der Waals surface area contributed by atoms with Crippen LogP contribution >= 0.6 is 0 Å². The average molecular weight is 474 g/mol. The van der Waals surface area contributed by atoms with Crippen LogP contribution in [0.5, 0.6) is 5.75 Å². The lowest BCUT2D eigenvalue weighted by atomic mass is 9.65. The molecule has 4 nitrogen and oxygen atoms in total. The highest BCUT2D eigenvalue weighted by Crippen LogP contribution is 2.51. The zero-order valence-corrected chi connectivity index (χ0v) is 19.8. The molecule has 172 valence electrons. The van der Waals surface area contributed by atoms with E-state index in [1.807, 2.05) is 18.2 Å². The smallest absolute Gasteiger partial charge is 0.527 e. The van der Waals surface area contributed by atoms with Crippen molar-refractivity contribution in [3.63, 3.8) is 0 Å². The monoisotopic (exact) mass is 474 g/mol. The summed E-state index contributed by atoms with van der Waals surface area (Å²) in [5.41, 5.74) is 8.83. The highest BCUT2D eigenvalue weighted by atomic mass is 16.5. The fourth-order valence-electron chi connectivity index (χ4n) is 6.26. The number of para-hydroxylation sites is 4. The standard InChI is InChI=1S/C32H19BN2O2/c1-4-12-25-23(11-1)31-24-19-20(34-26-13-5-2-9-21(26)22-10-3-6-14-27(22)34)17-18-29(24)36-32(31)35-28-15-7-8-16-30(28)37-33(25)35/h1-19H. The summed E-state index contributed by atoms with van der Waals surface area (Å²) >= 11 is 0. The Morgan fingerprint density at radius 1 is 0.622 bits per heavy atom. The first-order valence-corrected chi connectivity index (χ1v) is 12.6. The number of benzene rings is 5. The molecule has 0 fully saturated rings. The molecule has 0 unspecified atom stereocenters. The van der Waals surface area contributed by atoms with Gasteiger partial charge in [0.05, 0.1) is 22.3 Å². The van der Waals surface area contributed by atoms with Gasteiger partial charge in [-0.15, -0.1) is 0 Å². The molecular weight excluding hydrogens is 455 g/mol. The van der Waals surface area contributed by atoms with Gasteiger partial charge >= 0.3 is 7.05 Å². The van der Waals surface area contributed by atoms with Gasteiger partial charge in [-0.1, -0.05) is 72.8 Å². The molecule has 0 aliphatic carbocycles. The minimum Gasteiger partial charge on any atom is -0.536 e.